The predicted molar refractivity (Wildman–Crippen MR) is 106 cm³/mol. The molecule has 3 rings (SSSR count). The summed E-state index contributed by atoms with van der Waals surface area (Å²) in [6.07, 6.45) is 3.23. The average Bonchev–Trinajstić information content (AvgIpc) is 2.74. The highest BCUT2D eigenvalue weighted by Crippen LogP contribution is 2.14. The van der Waals surface area contributed by atoms with E-state index in [0.29, 0.717) is 24.6 Å². The second kappa shape index (κ2) is 9.85. The number of hydrogen-bond acceptors (Lipinski definition) is 5. The van der Waals surface area contributed by atoms with E-state index >= 15 is 0 Å². The molecule has 0 saturated carbocycles. The van der Waals surface area contributed by atoms with E-state index in [1.807, 2.05) is 30.3 Å². The molecule has 28 heavy (non-hydrogen) atoms. The van der Waals surface area contributed by atoms with Crippen LogP contribution in [0, 0.1) is 0 Å². The highest BCUT2D eigenvalue weighted by Gasteiger charge is 2.22. The predicted octanol–water partition coefficient (Wildman–Crippen LogP) is 1.60. The molecule has 0 bridgehead atoms. The van der Waals surface area contributed by atoms with E-state index in [9.17, 15) is 9.59 Å². The van der Waals surface area contributed by atoms with Crippen LogP contribution in [0.3, 0.4) is 0 Å². The van der Waals surface area contributed by atoms with Gasteiger partial charge in [0.05, 0.1) is 6.54 Å². The molecule has 2 heterocycles. The maximum absolute atomic E-state index is 12.6. The third-order valence-electron chi connectivity index (χ3n) is 4.80. The molecule has 1 aromatic heterocycles. The van der Waals surface area contributed by atoms with Crippen LogP contribution in [-0.2, 0) is 11.4 Å². The van der Waals surface area contributed by atoms with Gasteiger partial charge in [0.25, 0.3) is 5.91 Å². The van der Waals surface area contributed by atoms with Crippen LogP contribution in [-0.4, -0.2) is 54.4 Å². The molecule has 1 aliphatic rings. The second-order valence-corrected chi connectivity index (χ2v) is 6.85. The number of hydrogen-bond donors (Lipinski definition) is 2. The van der Waals surface area contributed by atoms with E-state index in [-0.39, 0.29) is 17.9 Å². The van der Waals surface area contributed by atoms with Gasteiger partial charge in [-0.1, -0.05) is 30.3 Å². The Hall–Kier alpha value is -2.93. The molecule has 7 nitrogen and oxygen atoms in total. The largest absolute Gasteiger partial charge is 0.473 e. The van der Waals surface area contributed by atoms with Gasteiger partial charge in [0.15, 0.2) is 0 Å². The van der Waals surface area contributed by atoms with Crippen molar-refractivity contribution in [1.82, 2.24) is 20.5 Å². The zero-order chi connectivity index (χ0) is 19.8. The molecule has 1 aliphatic heterocycles. The second-order valence-electron chi connectivity index (χ2n) is 6.85. The first-order valence-electron chi connectivity index (χ1n) is 9.50. The van der Waals surface area contributed by atoms with Crippen LogP contribution < -0.4 is 15.4 Å². The van der Waals surface area contributed by atoms with Crippen LogP contribution in [0.2, 0.25) is 0 Å². The Labute approximate surface area is 165 Å². The number of nitrogens with zero attached hydrogens (tertiary/aromatic N) is 2. The topological polar surface area (TPSA) is 83.6 Å². The zero-order valence-electron chi connectivity index (χ0n) is 16.1. The van der Waals surface area contributed by atoms with E-state index in [2.05, 4.69) is 20.5 Å². The summed E-state index contributed by atoms with van der Waals surface area (Å²) in [5, 5.41) is 5.71. The molecule has 0 aliphatic carbocycles. The van der Waals surface area contributed by atoms with Crippen LogP contribution in [0.5, 0.6) is 5.88 Å². The fourth-order valence-electron chi connectivity index (χ4n) is 3.15. The Morgan fingerprint density at radius 1 is 1.18 bits per heavy atom. The van der Waals surface area contributed by atoms with Gasteiger partial charge in [-0.05, 0) is 24.5 Å². The summed E-state index contributed by atoms with van der Waals surface area (Å²) in [6.45, 7) is 2.40. The molecule has 2 N–H and O–H groups in total. The average molecular weight is 382 g/mol. The summed E-state index contributed by atoms with van der Waals surface area (Å²) in [7, 11) is 1.64. The summed E-state index contributed by atoms with van der Waals surface area (Å²) in [5.74, 6) is 0.316. The Morgan fingerprint density at radius 3 is 2.64 bits per heavy atom. The highest BCUT2D eigenvalue weighted by atomic mass is 16.5. The number of rotatable bonds is 7. The minimum Gasteiger partial charge on any atom is -0.473 e. The molecule has 2 amide bonds. The summed E-state index contributed by atoms with van der Waals surface area (Å²) in [6, 6.07) is 13.3. The molecule has 1 aromatic carbocycles. The fourth-order valence-corrected chi connectivity index (χ4v) is 3.15. The van der Waals surface area contributed by atoms with Crippen LogP contribution in [0.25, 0.3) is 0 Å². The van der Waals surface area contributed by atoms with Crippen LogP contribution in [0.15, 0.2) is 48.7 Å². The monoisotopic (exact) mass is 382 g/mol. The molecule has 0 atom stereocenters. The number of pyridine rings is 1. The van der Waals surface area contributed by atoms with Gasteiger partial charge in [-0.15, -0.1) is 0 Å². The van der Waals surface area contributed by atoms with Crippen LogP contribution >= 0.6 is 0 Å². The Kier molecular flexibility index (Phi) is 6.97. The lowest BCUT2D eigenvalue weighted by atomic mass is 10.0. The maximum Gasteiger partial charge on any atom is 0.251 e. The van der Waals surface area contributed by atoms with E-state index in [4.69, 9.17) is 4.74 Å². The molecular formula is C21H26N4O3. The third kappa shape index (κ3) is 5.79. The molecular weight excluding hydrogens is 356 g/mol. The first kappa shape index (κ1) is 19.8. The van der Waals surface area contributed by atoms with Crippen molar-refractivity contribution in [3.63, 3.8) is 0 Å². The quantitative estimate of drug-likeness (QED) is 0.760. The number of nitrogens with one attached hydrogen (secondary N) is 2. The molecule has 2 aromatic rings. The third-order valence-corrected chi connectivity index (χ3v) is 4.80. The number of likely N-dealkylation sites (N-methyl/N-ethyl adjacent to an activating group) is 1. The fraction of sp³-hybridized carbons (Fsp3) is 0.381. The first-order valence-corrected chi connectivity index (χ1v) is 9.50. The van der Waals surface area contributed by atoms with Crippen LogP contribution in [0.1, 0.15) is 28.8 Å². The summed E-state index contributed by atoms with van der Waals surface area (Å²) < 4.78 is 5.70. The normalized spacial score (nSPS) is 15.0. The van der Waals surface area contributed by atoms with Crippen molar-refractivity contribution in [1.29, 1.82) is 0 Å². The van der Waals surface area contributed by atoms with Gasteiger partial charge in [0.2, 0.25) is 11.8 Å². The molecule has 1 saturated heterocycles. The van der Waals surface area contributed by atoms with Crippen molar-refractivity contribution in [2.24, 2.45) is 0 Å². The van der Waals surface area contributed by atoms with Gasteiger partial charge in [0, 0.05) is 44.0 Å². The van der Waals surface area contributed by atoms with E-state index in [1.54, 1.807) is 25.4 Å². The van der Waals surface area contributed by atoms with Gasteiger partial charge < -0.3 is 15.4 Å². The number of aromatic nitrogens is 1. The Balaban J connectivity index is 1.49. The highest BCUT2D eigenvalue weighted by molar-refractivity contribution is 5.94. The summed E-state index contributed by atoms with van der Waals surface area (Å²) >= 11 is 0. The van der Waals surface area contributed by atoms with Gasteiger partial charge in [0.1, 0.15) is 6.61 Å². The molecule has 7 heteroatoms. The zero-order valence-corrected chi connectivity index (χ0v) is 16.1. The minimum absolute atomic E-state index is 0.0160. The number of piperidine rings is 1. The van der Waals surface area contributed by atoms with E-state index in [1.165, 1.54) is 0 Å². The van der Waals surface area contributed by atoms with Crippen molar-refractivity contribution in [3.05, 3.63) is 59.8 Å². The summed E-state index contributed by atoms with van der Waals surface area (Å²) in [5.41, 5.74) is 1.58. The van der Waals surface area contributed by atoms with Crippen molar-refractivity contribution in [2.45, 2.75) is 25.5 Å². The lowest BCUT2D eigenvalue weighted by Crippen LogP contribution is -2.47. The molecule has 1 fully saturated rings. The molecule has 0 spiro atoms. The van der Waals surface area contributed by atoms with E-state index < -0.39 is 0 Å². The lowest BCUT2D eigenvalue weighted by molar-refractivity contribution is -0.122. The Morgan fingerprint density at radius 2 is 1.93 bits per heavy atom. The molecule has 0 unspecified atom stereocenters. The standard InChI is InChI=1S/C21H26N4O3/c1-22-19(26)14-25-11-8-18(9-12-25)24-21(27)17-7-10-23-20(13-17)28-15-16-5-3-2-4-6-16/h2-7,10,13,18H,8-9,11-12,14-15H2,1H3,(H,22,26)(H,24,27). The van der Waals surface area contributed by atoms with E-state index in [0.717, 1.165) is 31.5 Å². The Bertz CT molecular complexity index is 789. The number of carbonyl (C=O) groups excluding carboxylic acids is 2. The maximum atomic E-state index is 12.6. The summed E-state index contributed by atoms with van der Waals surface area (Å²) in [4.78, 5) is 30.3. The lowest BCUT2D eigenvalue weighted by Gasteiger charge is -2.31. The smallest absolute Gasteiger partial charge is 0.251 e. The number of benzene rings is 1. The van der Waals surface area contributed by atoms with Crippen molar-refractivity contribution >= 4 is 11.8 Å². The first-order chi connectivity index (χ1) is 13.6. The van der Waals surface area contributed by atoms with Gasteiger partial charge in [-0.3, -0.25) is 14.5 Å². The van der Waals surface area contributed by atoms with Crippen LogP contribution in [0.4, 0.5) is 0 Å². The van der Waals surface area contributed by atoms with Crippen molar-refractivity contribution in [3.8, 4) is 5.88 Å². The minimum atomic E-state index is -0.128. The van der Waals surface area contributed by atoms with Gasteiger partial charge >= 0.3 is 0 Å². The number of ether oxygens (including phenoxy) is 1. The van der Waals surface area contributed by atoms with Gasteiger partial charge in [-0.25, -0.2) is 4.98 Å². The number of amides is 2. The van der Waals surface area contributed by atoms with Crippen molar-refractivity contribution in [2.75, 3.05) is 26.7 Å². The number of likely N-dealkylation sites (tertiary alicyclic amines) is 1. The van der Waals surface area contributed by atoms with Crippen molar-refractivity contribution < 1.29 is 14.3 Å². The number of carbonyl (C=O) groups is 2. The van der Waals surface area contributed by atoms with Gasteiger partial charge in [-0.2, -0.15) is 0 Å². The molecule has 148 valence electrons. The molecule has 0 radical (unpaired) electrons. The SMILES string of the molecule is CNC(=O)CN1CCC(NC(=O)c2ccnc(OCc3ccccc3)c2)CC1.